The summed E-state index contributed by atoms with van der Waals surface area (Å²) in [6.07, 6.45) is 2.48. The molecule has 0 aliphatic carbocycles. The molecular formula is C18H22ClN3O3. The SMILES string of the molecule is CCCNCCNC(=O)c1ccc(Cl)cc1NC(=O)c1ccoc1C. The van der Waals surface area contributed by atoms with E-state index in [2.05, 4.69) is 22.9 Å². The average Bonchev–Trinajstić information content (AvgIpc) is 3.01. The van der Waals surface area contributed by atoms with Gasteiger partial charge in [0.05, 0.1) is 23.1 Å². The number of anilines is 1. The van der Waals surface area contributed by atoms with Gasteiger partial charge in [0.2, 0.25) is 0 Å². The molecule has 0 aliphatic heterocycles. The summed E-state index contributed by atoms with van der Waals surface area (Å²) in [6.45, 7) is 5.86. The lowest BCUT2D eigenvalue weighted by Gasteiger charge is -2.12. The van der Waals surface area contributed by atoms with Crippen LogP contribution >= 0.6 is 11.6 Å². The van der Waals surface area contributed by atoms with Gasteiger partial charge in [-0.05, 0) is 44.2 Å². The number of halogens is 1. The van der Waals surface area contributed by atoms with Gasteiger partial charge in [-0.15, -0.1) is 0 Å². The Bertz CT molecular complexity index is 743. The van der Waals surface area contributed by atoms with Crippen LogP contribution in [0.15, 0.2) is 34.9 Å². The van der Waals surface area contributed by atoms with Crippen molar-refractivity contribution in [2.45, 2.75) is 20.3 Å². The van der Waals surface area contributed by atoms with E-state index in [1.165, 1.54) is 6.26 Å². The molecule has 0 unspecified atom stereocenters. The maximum absolute atomic E-state index is 12.4. The van der Waals surface area contributed by atoms with E-state index in [1.807, 2.05) is 0 Å². The largest absolute Gasteiger partial charge is 0.469 e. The Kier molecular flexibility index (Phi) is 7.03. The quantitative estimate of drug-likeness (QED) is 0.629. The van der Waals surface area contributed by atoms with Crippen LogP contribution in [0.3, 0.4) is 0 Å². The van der Waals surface area contributed by atoms with E-state index in [4.69, 9.17) is 16.0 Å². The number of rotatable bonds is 8. The van der Waals surface area contributed by atoms with Crippen molar-refractivity contribution in [3.05, 3.63) is 52.4 Å². The molecule has 0 bridgehead atoms. The van der Waals surface area contributed by atoms with Crippen molar-refractivity contribution in [1.82, 2.24) is 10.6 Å². The third-order valence-electron chi connectivity index (χ3n) is 3.59. The monoisotopic (exact) mass is 363 g/mol. The molecule has 0 saturated carbocycles. The first-order valence-corrected chi connectivity index (χ1v) is 8.54. The van der Waals surface area contributed by atoms with Crippen LogP contribution < -0.4 is 16.0 Å². The van der Waals surface area contributed by atoms with Crippen molar-refractivity contribution < 1.29 is 14.0 Å². The number of hydrogen-bond donors (Lipinski definition) is 3. The lowest BCUT2D eigenvalue weighted by atomic mass is 10.1. The van der Waals surface area contributed by atoms with Gasteiger partial charge in [0.1, 0.15) is 5.76 Å². The van der Waals surface area contributed by atoms with Gasteiger partial charge in [-0.25, -0.2) is 0 Å². The Hall–Kier alpha value is -2.31. The van der Waals surface area contributed by atoms with Crippen LogP contribution in [0.25, 0.3) is 0 Å². The Morgan fingerprint density at radius 1 is 1.08 bits per heavy atom. The number of benzene rings is 1. The molecule has 3 N–H and O–H groups in total. The van der Waals surface area contributed by atoms with Crippen LogP contribution in [0.4, 0.5) is 5.69 Å². The predicted octanol–water partition coefficient (Wildman–Crippen LogP) is 3.22. The normalized spacial score (nSPS) is 10.5. The van der Waals surface area contributed by atoms with Crippen molar-refractivity contribution in [3.8, 4) is 0 Å². The third kappa shape index (κ3) is 5.34. The van der Waals surface area contributed by atoms with E-state index in [0.29, 0.717) is 40.7 Å². The number of aryl methyl sites for hydroxylation is 1. The highest BCUT2D eigenvalue weighted by molar-refractivity contribution is 6.31. The van der Waals surface area contributed by atoms with Crippen LogP contribution in [-0.4, -0.2) is 31.4 Å². The molecule has 25 heavy (non-hydrogen) atoms. The second kappa shape index (κ2) is 9.25. The van der Waals surface area contributed by atoms with Gasteiger partial charge in [-0.2, -0.15) is 0 Å². The van der Waals surface area contributed by atoms with Crippen molar-refractivity contribution in [3.63, 3.8) is 0 Å². The van der Waals surface area contributed by atoms with Crippen LogP contribution in [-0.2, 0) is 0 Å². The van der Waals surface area contributed by atoms with Crippen molar-refractivity contribution >= 4 is 29.1 Å². The minimum atomic E-state index is -0.354. The first-order chi connectivity index (χ1) is 12.0. The lowest BCUT2D eigenvalue weighted by molar-refractivity contribution is 0.0955. The average molecular weight is 364 g/mol. The smallest absolute Gasteiger partial charge is 0.259 e. The highest BCUT2D eigenvalue weighted by atomic mass is 35.5. The highest BCUT2D eigenvalue weighted by Crippen LogP contribution is 2.22. The van der Waals surface area contributed by atoms with Crippen molar-refractivity contribution in [2.24, 2.45) is 0 Å². The molecule has 7 heteroatoms. The molecule has 1 aromatic carbocycles. The van der Waals surface area contributed by atoms with Gasteiger partial charge in [0.25, 0.3) is 11.8 Å². The molecule has 134 valence electrons. The summed E-state index contributed by atoms with van der Waals surface area (Å²) in [4.78, 5) is 24.8. The molecule has 1 heterocycles. The second-order valence-electron chi connectivity index (χ2n) is 5.54. The fourth-order valence-corrected chi connectivity index (χ4v) is 2.46. The molecule has 0 aliphatic rings. The molecule has 2 rings (SSSR count). The van der Waals surface area contributed by atoms with E-state index >= 15 is 0 Å². The van der Waals surface area contributed by atoms with E-state index in [9.17, 15) is 9.59 Å². The molecule has 0 atom stereocenters. The van der Waals surface area contributed by atoms with Crippen LogP contribution in [0.2, 0.25) is 5.02 Å². The van der Waals surface area contributed by atoms with Crippen molar-refractivity contribution in [2.75, 3.05) is 25.0 Å². The van der Waals surface area contributed by atoms with Gasteiger partial charge < -0.3 is 20.4 Å². The Morgan fingerprint density at radius 2 is 1.88 bits per heavy atom. The van der Waals surface area contributed by atoms with Crippen LogP contribution in [0.5, 0.6) is 0 Å². The maximum Gasteiger partial charge on any atom is 0.259 e. The van der Waals surface area contributed by atoms with E-state index in [1.54, 1.807) is 31.2 Å². The molecule has 1 aromatic heterocycles. The van der Waals surface area contributed by atoms with Gasteiger partial charge in [0, 0.05) is 18.1 Å². The molecule has 2 aromatic rings. The van der Waals surface area contributed by atoms with Crippen LogP contribution in [0, 0.1) is 6.92 Å². The number of carbonyl (C=O) groups is 2. The topological polar surface area (TPSA) is 83.4 Å². The van der Waals surface area contributed by atoms with Crippen molar-refractivity contribution in [1.29, 1.82) is 0 Å². The summed E-state index contributed by atoms with van der Waals surface area (Å²) in [5.41, 5.74) is 1.13. The number of amides is 2. The molecule has 0 fully saturated rings. The number of hydrogen-bond acceptors (Lipinski definition) is 4. The standard InChI is InChI=1S/C18H22ClN3O3/c1-3-7-20-8-9-21-17(23)15-5-4-13(19)11-16(15)22-18(24)14-6-10-25-12(14)2/h4-6,10-11,20H,3,7-9H2,1-2H3,(H,21,23)(H,22,24). The van der Waals surface area contributed by atoms with Gasteiger partial charge in [0.15, 0.2) is 0 Å². The van der Waals surface area contributed by atoms with E-state index in [-0.39, 0.29) is 11.8 Å². The molecule has 2 amide bonds. The second-order valence-corrected chi connectivity index (χ2v) is 5.98. The molecular weight excluding hydrogens is 342 g/mol. The van der Waals surface area contributed by atoms with Gasteiger partial charge in [-0.3, -0.25) is 9.59 Å². The first kappa shape index (κ1) is 19.0. The fourth-order valence-electron chi connectivity index (χ4n) is 2.29. The zero-order chi connectivity index (χ0) is 18.2. The Balaban J connectivity index is 2.07. The van der Waals surface area contributed by atoms with E-state index < -0.39 is 0 Å². The summed E-state index contributed by atoms with van der Waals surface area (Å²) < 4.78 is 5.14. The maximum atomic E-state index is 12.4. The summed E-state index contributed by atoms with van der Waals surface area (Å²) >= 11 is 6.01. The Labute approximate surface area is 151 Å². The van der Waals surface area contributed by atoms with Gasteiger partial charge in [-0.1, -0.05) is 18.5 Å². The highest BCUT2D eigenvalue weighted by Gasteiger charge is 2.17. The summed E-state index contributed by atoms with van der Waals surface area (Å²) in [6, 6.07) is 6.34. The van der Waals surface area contributed by atoms with Gasteiger partial charge >= 0.3 is 0 Å². The summed E-state index contributed by atoms with van der Waals surface area (Å²) in [7, 11) is 0. The number of nitrogens with one attached hydrogen (secondary N) is 3. The molecule has 6 nitrogen and oxygen atoms in total. The predicted molar refractivity (Wildman–Crippen MR) is 98.3 cm³/mol. The third-order valence-corrected chi connectivity index (χ3v) is 3.83. The molecule has 0 saturated heterocycles. The number of furan rings is 1. The summed E-state index contributed by atoms with van der Waals surface area (Å²) in [5.74, 6) is -0.117. The Morgan fingerprint density at radius 3 is 2.56 bits per heavy atom. The lowest BCUT2D eigenvalue weighted by Crippen LogP contribution is -2.32. The zero-order valence-corrected chi connectivity index (χ0v) is 15.1. The molecule has 0 spiro atoms. The minimum absolute atomic E-state index is 0.269. The van der Waals surface area contributed by atoms with E-state index in [0.717, 1.165) is 13.0 Å². The fraction of sp³-hybridized carbons (Fsp3) is 0.333. The zero-order valence-electron chi connectivity index (χ0n) is 14.3. The molecule has 0 radical (unpaired) electrons. The van der Waals surface area contributed by atoms with Crippen LogP contribution in [0.1, 0.15) is 39.8 Å². The minimum Gasteiger partial charge on any atom is -0.469 e. The summed E-state index contributed by atoms with van der Waals surface area (Å²) in [5, 5.41) is 9.19. The number of carbonyl (C=O) groups excluding carboxylic acids is 2. The first-order valence-electron chi connectivity index (χ1n) is 8.16.